The van der Waals surface area contributed by atoms with Gasteiger partial charge in [-0.25, -0.2) is 4.90 Å². The molecular formula is C44H34Cl3N3O6. The zero-order valence-electron chi connectivity index (χ0n) is 30.1. The fraction of sp³-hybridized carbons (Fsp3) is 0.227. The highest BCUT2D eigenvalue weighted by atomic mass is 35.5. The number of benzene rings is 5. The number of rotatable bonds is 6. The number of allylic oxidation sites excluding steroid dienone is 2. The van der Waals surface area contributed by atoms with E-state index in [4.69, 9.17) is 39.5 Å². The van der Waals surface area contributed by atoms with Crippen molar-refractivity contribution >= 4 is 80.6 Å². The molecule has 9 rings (SSSR count). The van der Waals surface area contributed by atoms with Crippen molar-refractivity contribution in [2.75, 3.05) is 17.4 Å². The van der Waals surface area contributed by atoms with Gasteiger partial charge in [-0.1, -0.05) is 101 Å². The van der Waals surface area contributed by atoms with Gasteiger partial charge in [0.2, 0.25) is 11.8 Å². The fourth-order valence-corrected chi connectivity index (χ4v) is 10.3. The predicted octanol–water partition coefficient (Wildman–Crippen LogP) is 9.01. The molecule has 4 amide bonds. The lowest BCUT2D eigenvalue weighted by Gasteiger charge is -2.50. The molecule has 12 heteroatoms. The SMILES string of the molecule is COc1ccc([C@@]23C(=O)N(Nc4ccc(Cl)cc4Cl)C(=O)[C@@H]2C[C@@H]2C(=CC[C@@H]4C(=O)N(c5ccc(C)c(Cl)c5)C(=O)[C@@H]42)[C@@H]3c2ccc3ccccc3c2O)cc1. The number of fused-ring (bicyclic) bond motifs is 5. The van der Waals surface area contributed by atoms with Crippen molar-refractivity contribution in [3.8, 4) is 11.5 Å². The largest absolute Gasteiger partial charge is 0.507 e. The summed E-state index contributed by atoms with van der Waals surface area (Å²) in [6.07, 6.45) is 2.24. The van der Waals surface area contributed by atoms with Gasteiger partial charge in [0.15, 0.2) is 0 Å². The van der Waals surface area contributed by atoms with Gasteiger partial charge >= 0.3 is 0 Å². The third-order valence-electron chi connectivity index (χ3n) is 12.2. The van der Waals surface area contributed by atoms with Crippen LogP contribution in [0.15, 0.2) is 109 Å². The second-order valence-corrected chi connectivity index (χ2v) is 16.1. The van der Waals surface area contributed by atoms with Crippen LogP contribution >= 0.6 is 34.8 Å². The maximum absolute atomic E-state index is 15.6. The van der Waals surface area contributed by atoms with E-state index in [1.54, 1.807) is 73.8 Å². The predicted molar refractivity (Wildman–Crippen MR) is 215 cm³/mol. The zero-order valence-corrected chi connectivity index (χ0v) is 32.4. The molecule has 2 heterocycles. The van der Waals surface area contributed by atoms with E-state index in [2.05, 4.69) is 5.43 Å². The van der Waals surface area contributed by atoms with Gasteiger partial charge in [-0.15, -0.1) is 0 Å². The normalized spacial score (nSPS) is 25.6. The Morgan fingerprint density at radius 1 is 0.821 bits per heavy atom. The number of anilines is 2. The van der Waals surface area contributed by atoms with Crippen LogP contribution in [0.2, 0.25) is 15.1 Å². The van der Waals surface area contributed by atoms with Crippen LogP contribution in [-0.4, -0.2) is 40.9 Å². The molecule has 9 nitrogen and oxygen atoms in total. The number of imide groups is 2. The first-order chi connectivity index (χ1) is 26.9. The molecule has 6 atom stereocenters. The van der Waals surface area contributed by atoms with E-state index in [1.165, 1.54) is 11.0 Å². The lowest BCUT2D eigenvalue weighted by molar-refractivity contribution is -0.138. The molecule has 5 aromatic rings. The number of amides is 4. The van der Waals surface area contributed by atoms with Crippen LogP contribution in [0.1, 0.15) is 35.4 Å². The average molecular weight is 807 g/mol. The van der Waals surface area contributed by atoms with Gasteiger partial charge in [-0.2, -0.15) is 5.01 Å². The van der Waals surface area contributed by atoms with E-state index in [-0.39, 0.29) is 35.2 Å². The third-order valence-corrected chi connectivity index (χ3v) is 13.2. The van der Waals surface area contributed by atoms with Crippen molar-refractivity contribution in [2.24, 2.45) is 23.7 Å². The van der Waals surface area contributed by atoms with E-state index in [0.717, 1.165) is 16.0 Å². The minimum Gasteiger partial charge on any atom is -0.507 e. The van der Waals surface area contributed by atoms with Gasteiger partial charge < -0.3 is 9.84 Å². The number of phenolic OH excluding ortho intramolecular Hbond substituents is 1. The molecule has 1 saturated carbocycles. The maximum atomic E-state index is 15.6. The number of phenols is 1. The molecule has 56 heavy (non-hydrogen) atoms. The summed E-state index contributed by atoms with van der Waals surface area (Å²) >= 11 is 19.3. The van der Waals surface area contributed by atoms with E-state index in [1.807, 2.05) is 37.3 Å². The molecule has 282 valence electrons. The summed E-state index contributed by atoms with van der Waals surface area (Å²) in [7, 11) is 1.54. The number of hydrogen-bond donors (Lipinski definition) is 2. The maximum Gasteiger partial charge on any atom is 0.260 e. The number of halogens is 3. The minimum atomic E-state index is -1.62. The van der Waals surface area contributed by atoms with Gasteiger partial charge in [-0.3, -0.25) is 24.6 Å². The average Bonchev–Trinajstić information content (AvgIpc) is 3.58. The Labute approximate surface area is 337 Å². The standard InChI is InChI=1S/C44H34Cl3N3O6/c1-22-7-12-26(20-34(22)46)49-40(52)30-17-16-29-32(37(30)42(49)54)21-33-41(53)50(48-36-18-11-25(45)19-35(36)47)43(55)44(33,24-9-13-27(56-2)14-10-24)38(29)31-15-8-23-5-3-4-6-28(23)39(31)51/h3-16,18-20,30,32-33,37-38,48,51H,17,21H2,1-2H3/t30-,32+,33-,37-,38+,44+/m0/s1. The van der Waals surface area contributed by atoms with Gasteiger partial charge in [0.1, 0.15) is 11.5 Å². The molecule has 0 unspecified atom stereocenters. The van der Waals surface area contributed by atoms with Gasteiger partial charge in [0, 0.05) is 26.9 Å². The molecule has 0 spiro atoms. The van der Waals surface area contributed by atoms with E-state index in [0.29, 0.717) is 43.6 Å². The van der Waals surface area contributed by atoms with Crippen LogP contribution in [0.25, 0.3) is 10.8 Å². The van der Waals surface area contributed by atoms with Crippen molar-refractivity contribution in [3.63, 3.8) is 0 Å². The Bertz CT molecular complexity index is 2560. The Hall–Kier alpha value is -5.35. The summed E-state index contributed by atoms with van der Waals surface area (Å²) < 4.78 is 5.50. The van der Waals surface area contributed by atoms with Crippen LogP contribution in [-0.2, 0) is 24.6 Å². The summed E-state index contributed by atoms with van der Waals surface area (Å²) in [6.45, 7) is 1.84. The first-order valence-electron chi connectivity index (χ1n) is 18.2. The number of hydrogen-bond acceptors (Lipinski definition) is 7. The summed E-state index contributed by atoms with van der Waals surface area (Å²) in [4.78, 5) is 60.7. The fourth-order valence-electron chi connectivity index (χ4n) is 9.67. The number of nitrogens with zero attached hydrogens (tertiary/aromatic N) is 2. The monoisotopic (exact) mass is 805 g/mol. The van der Waals surface area contributed by atoms with Gasteiger partial charge in [0.25, 0.3) is 11.8 Å². The number of hydrazine groups is 1. The van der Waals surface area contributed by atoms with Crippen LogP contribution in [0.5, 0.6) is 11.5 Å². The molecule has 0 bridgehead atoms. The highest BCUT2D eigenvalue weighted by molar-refractivity contribution is 6.36. The quantitative estimate of drug-likeness (QED) is 0.130. The highest BCUT2D eigenvalue weighted by Gasteiger charge is 2.70. The molecule has 0 radical (unpaired) electrons. The number of methoxy groups -OCH3 is 1. The van der Waals surface area contributed by atoms with Crippen molar-refractivity contribution in [1.29, 1.82) is 0 Å². The lowest BCUT2D eigenvalue weighted by atomic mass is 9.49. The molecule has 2 aliphatic heterocycles. The first kappa shape index (κ1) is 36.3. The molecule has 5 aromatic carbocycles. The van der Waals surface area contributed by atoms with E-state index in [9.17, 15) is 14.7 Å². The molecule has 2 N–H and O–H groups in total. The number of carbonyl (C=O) groups excluding carboxylic acids is 4. The number of aryl methyl sites for hydroxylation is 1. The van der Waals surface area contributed by atoms with Crippen LogP contribution in [0, 0.1) is 30.6 Å². The minimum absolute atomic E-state index is 0.0411. The number of aromatic hydroxyl groups is 1. The molecule has 2 saturated heterocycles. The number of carbonyl (C=O) groups is 4. The molecule has 2 aliphatic carbocycles. The van der Waals surface area contributed by atoms with Crippen molar-refractivity contribution < 1.29 is 29.0 Å². The second kappa shape index (κ2) is 13.4. The zero-order chi connectivity index (χ0) is 39.2. The van der Waals surface area contributed by atoms with E-state index < -0.39 is 52.7 Å². The number of nitrogens with one attached hydrogen (secondary N) is 1. The van der Waals surface area contributed by atoms with Gasteiger partial charge in [0.05, 0.1) is 46.7 Å². The third kappa shape index (κ3) is 5.21. The smallest absolute Gasteiger partial charge is 0.260 e. The van der Waals surface area contributed by atoms with Crippen LogP contribution < -0.4 is 15.1 Å². The Morgan fingerprint density at radius 2 is 1.59 bits per heavy atom. The summed E-state index contributed by atoms with van der Waals surface area (Å²) in [6, 6.07) is 27.9. The molecular weight excluding hydrogens is 773 g/mol. The summed E-state index contributed by atoms with van der Waals surface area (Å²) in [5.41, 5.74) is 4.50. The number of ether oxygens (including phenoxy) is 1. The molecule has 3 fully saturated rings. The first-order valence-corrected chi connectivity index (χ1v) is 19.4. The van der Waals surface area contributed by atoms with Crippen molar-refractivity contribution in [3.05, 3.63) is 140 Å². The lowest BCUT2D eigenvalue weighted by Crippen LogP contribution is -2.53. The molecule has 0 aromatic heterocycles. The van der Waals surface area contributed by atoms with Crippen molar-refractivity contribution in [1.82, 2.24) is 5.01 Å². The summed E-state index contributed by atoms with van der Waals surface area (Å²) in [5, 5.41) is 15.6. The Morgan fingerprint density at radius 3 is 2.32 bits per heavy atom. The van der Waals surface area contributed by atoms with Crippen LogP contribution in [0.4, 0.5) is 11.4 Å². The Kier molecular flexibility index (Phi) is 8.68. The highest BCUT2D eigenvalue weighted by Crippen LogP contribution is 2.65. The van der Waals surface area contributed by atoms with Crippen molar-refractivity contribution in [2.45, 2.75) is 31.1 Å². The summed E-state index contributed by atoms with van der Waals surface area (Å²) in [5.74, 6) is -5.51. The topological polar surface area (TPSA) is 116 Å². The van der Waals surface area contributed by atoms with E-state index >= 15 is 9.59 Å². The molecule has 4 aliphatic rings. The second-order valence-electron chi connectivity index (χ2n) is 14.9. The van der Waals surface area contributed by atoms with Crippen LogP contribution in [0.3, 0.4) is 0 Å². The Balaban J connectivity index is 1.27. The van der Waals surface area contributed by atoms with Gasteiger partial charge in [-0.05, 0) is 84.7 Å².